The molecule has 0 atom stereocenters. The van der Waals surface area contributed by atoms with Crippen molar-refractivity contribution < 1.29 is 12.8 Å². The second kappa shape index (κ2) is 6.31. The Morgan fingerprint density at radius 2 is 1.89 bits per heavy atom. The third-order valence-corrected chi connectivity index (χ3v) is 2.73. The summed E-state index contributed by atoms with van der Waals surface area (Å²) < 4.78 is 29.3. The van der Waals surface area contributed by atoms with Crippen LogP contribution < -0.4 is 15.4 Å². The van der Waals surface area contributed by atoms with Crippen LogP contribution in [0.3, 0.4) is 0 Å². The normalized spacial score (nSPS) is 12.6. The van der Waals surface area contributed by atoms with Gasteiger partial charge in [-0.15, -0.1) is 5.10 Å². The third-order valence-electron chi connectivity index (χ3n) is 2.00. The summed E-state index contributed by atoms with van der Waals surface area (Å²) >= 11 is 0. The van der Waals surface area contributed by atoms with Gasteiger partial charge in [0, 0.05) is 18.6 Å². The lowest BCUT2D eigenvalue weighted by atomic mass is 10.1. The van der Waals surface area contributed by atoms with E-state index in [0.29, 0.717) is 19.0 Å². The zero-order chi connectivity index (χ0) is 14.5. The molecule has 0 saturated heterocycles. The number of sulfonamides is 1. The smallest absolute Gasteiger partial charge is 0.315 e. The van der Waals surface area contributed by atoms with Gasteiger partial charge in [0.1, 0.15) is 0 Å². The molecule has 0 spiro atoms. The molecule has 8 nitrogen and oxygen atoms in total. The Balaban J connectivity index is 2.31. The molecule has 0 amide bonds. The molecule has 1 aromatic heterocycles. The van der Waals surface area contributed by atoms with E-state index >= 15 is 0 Å². The van der Waals surface area contributed by atoms with Crippen molar-refractivity contribution in [1.82, 2.24) is 20.2 Å². The summed E-state index contributed by atoms with van der Waals surface area (Å²) in [6.07, 6.45) is 1.11. The molecular weight excluding hydrogens is 270 g/mol. The molecule has 1 heterocycles. The van der Waals surface area contributed by atoms with E-state index in [0.717, 1.165) is 6.26 Å². The number of hydrogen-bond donors (Lipinski definition) is 3. The van der Waals surface area contributed by atoms with Crippen molar-refractivity contribution >= 4 is 16.0 Å². The highest BCUT2D eigenvalue weighted by molar-refractivity contribution is 7.88. The fraction of sp³-hybridized carbons (Fsp3) is 0.800. The first kappa shape index (κ1) is 15.9. The molecule has 19 heavy (non-hydrogen) atoms. The van der Waals surface area contributed by atoms with E-state index in [2.05, 4.69) is 25.6 Å². The second-order valence-electron chi connectivity index (χ2n) is 5.20. The standard InChI is InChI=1S/C10H21N5O3S/c1-10(2,3)12-7-8-14-15-9(18-8)11-5-6-13-19(4,16)17/h12-13H,5-7H2,1-4H3,(H,11,15). The third kappa shape index (κ3) is 7.75. The van der Waals surface area contributed by atoms with Gasteiger partial charge >= 0.3 is 6.01 Å². The van der Waals surface area contributed by atoms with Gasteiger partial charge in [-0.1, -0.05) is 5.10 Å². The van der Waals surface area contributed by atoms with Gasteiger partial charge in [-0.05, 0) is 20.8 Å². The topological polar surface area (TPSA) is 109 Å². The number of aromatic nitrogens is 2. The molecule has 3 N–H and O–H groups in total. The Bertz CT molecular complexity index is 492. The average molecular weight is 291 g/mol. The van der Waals surface area contributed by atoms with E-state index < -0.39 is 10.0 Å². The van der Waals surface area contributed by atoms with Gasteiger partial charge in [-0.25, -0.2) is 13.1 Å². The summed E-state index contributed by atoms with van der Waals surface area (Å²) in [4.78, 5) is 0. The second-order valence-corrected chi connectivity index (χ2v) is 7.03. The molecule has 0 bridgehead atoms. The maximum absolute atomic E-state index is 10.8. The molecule has 1 aromatic rings. The first-order chi connectivity index (χ1) is 8.66. The van der Waals surface area contributed by atoms with Crippen LogP contribution in [0.1, 0.15) is 26.7 Å². The molecule has 0 radical (unpaired) electrons. The molecule has 0 fully saturated rings. The van der Waals surface area contributed by atoms with Gasteiger partial charge in [0.2, 0.25) is 15.9 Å². The molecule has 9 heteroatoms. The molecule has 0 unspecified atom stereocenters. The molecule has 110 valence electrons. The van der Waals surface area contributed by atoms with Gasteiger partial charge in [-0.3, -0.25) is 0 Å². The molecule has 0 aliphatic rings. The lowest BCUT2D eigenvalue weighted by Gasteiger charge is -2.18. The predicted molar refractivity (Wildman–Crippen MR) is 72.2 cm³/mol. The quantitative estimate of drug-likeness (QED) is 0.603. The molecule has 1 rings (SSSR count). The van der Waals surface area contributed by atoms with Gasteiger partial charge in [0.05, 0.1) is 12.8 Å². The fourth-order valence-corrected chi connectivity index (χ4v) is 1.62. The van der Waals surface area contributed by atoms with E-state index in [1.165, 1.54) is 0 Å². The Labute approximate surface area is 113 Å². The lowest BCUT2D eigenvalue weighted by Crippen LogP contribution is -2.35. The van der Waals surface area contributed by atoms with Crippen LogP contribution in [0.4, 0.5) is 6.01 Å². The molecule has 0 aliphatic carbocycles. The van der Waals surface area contributed by atoms with Crippen molar-refractivity contribution in [3.8, 4) is 0 Å². The minimum atomic E-state index is -3.16. The summed E-state index contributed by atoms with van der Waals surface area (Å²) in [7, 11) is -3.16. The SMILES string of the molecule is CC(C)(C)NCc1nnc(NCCNS(C)(=O)=O)o1. The zero-order valence-electron chi connectivity index (χ0n) is 11.6. The summed E-state index contributed by atoms with van der Waals surface area (Å²) in [5.74, 6) is 0.480. The Kier molecular flexibility index (Phi) is 5.27. The Morgan fingerprint density at radius 3 is 2.47 bits per heavy atom. The van der Waals surface area contributed by atoms with Crippen LogP contribution in [-0.4, -0.2) is 43.5 Å². The number of hydrogen-bond acceptors (Lipinski definition) is 7. The highest BCUT2D eigenvalue weighted by Crippen LogP contribution is 2.06. The highest BCUT2D eigenvalue weighted by Gasteiger charge is 2.12. The largest absolute Gasteiger partial charge is 0.407 e. The average Bonchev–Trinajstić information content (AvgIpc) is 2.67. The summed E-state index contributed by atoms with van der Waals surface area (Å²) in [6, 6.07) is 0.279. The highest BCUT2D eigenvalue weighted by atomic mass is 32.2. The van der Waals surface area contributed by atoms with Crippen LogP contribution in [0, 0.1) is 0 Å². The minimum absolute atomic E-state index is 0.0263. The maximum atomic E-state index is 10.8. The minimum Gasteiger partial charge on any atom is -0.407 e. The van der Waals surface area contributed by atoms with Crippen LogP contribution in [-0.2, 0) is 16.6 Å². The fourth-order valence-electron chi connectivity index (χ4n) is 1.14. The van der Waals surface area contributed by atoms with Crippen molar-refractivity contribution in [2.75, 3.05) is 24.7 Å². The van der Waals surface area contributed by atoms with Gasteiger partial charge < -0.3 is 15.1 Å². The number of anilines is 1. The van der Waals surface area contributed by atoms with Crippen molar-refractivity contribution in [3.05, 3.63) is 5.89 Å². The van der Waals surface area contributed by atoms with Crippen LogP contribution in [0.5, 0.6) is 0 Å². The van der Waals surface area contributed by atoms with Gasteiger partial charge in [-0.2, -0.15) is 0 Å². The van der Waals surface area contributed by atoms with Crippen LogP contribution in [0.2, 0.25) is 0 Å². The van der Waals surface area contributed by atoms with E-state index in [9.17, 15) is 8.42 Å². The van der Waals surface area contributed by atoms with Crippen LogP contribution >= 0.6 is 0 Å². The van der Waals surface area contributed by atoms with Crippen LogP contribution in [0.25, 0.3) is 0 Å². The number of rotatable bonds is 7. The zero-order valence-corrected chi connectivity index (χ0v) is 12.5. The number of nitrogens with one attached hydrogen (secondary N) is 3. The molecule has 0 aromatic carbocycles. The molecule has 0 saturated carbocycles. The van der Waals surface area contributed by atoms with Crippen LogP contribution in [0.15, 0.2) is 4.42 Å². The summed E-state index contributed by atoms with van der Waals surface area (Å²) in [6.45, 7) is 7.25. The van der Waals surface area contributed by atoms with Crippen molar-refractivity contribution in [3.63, 3.8) is 0 Å². The predicted octanol–water partition coefficient (Wildman–Crippen LogP) is -0.0812. The lowest BCUT2D eigenvalue weighted by molar-refractivity contribution is 0.384. The van der Waals surface area contributed by atoms with E-state index in [4.69, 9.17) is 4.42 Å². The van der Waals surface area contributed by atoms with Gasteiger partial charge in [0.15, 0.2) is 0 Å². The van der Waals surface area contributed by atoms with E-state index in [-0.39, 0.29) is 18.1 Å². The number of nitrogens with zero attached hydrogens (tertiary/aromatic N) is 2. The van der Waals surface area contributed by atoms with Crippen molar-refractivity contribution in [2.24, 2.45) is 0 Å². The Hall–Kier alpha value is -1.19. The van der Waals surface area contributed by atoms with E-state index in [1.54, 1.807) is 0 Å². The first-order valence-electron chi connectivity index (χ1n) is 5.92. The van der Waals surface area contributed by atoms with Gasteiger partial charge in [0.25, 0.3) is 0 Å². The monoisotopic (exact) mass is 291 g/mol. The van der Waals surface area contributed by atoms with E-state index in [1.807, 2.05) is 20.8 Å². The van der Waals surface area contributed by atoms with Crippen molar-refractivity contribution in [2.45, 2.75) is 32.9 Å². The Morgan fingerprint density at radius 1 is 1.21 bits per heavy atom. The molecular formula is C10H21N5O3S. The molecule has 0 aliphatic heterocycles. The summed E-state index contributed by atoms with van der Waals surface area (Å²) in [5, 5.41) is 13.7. The first-order valence-corrected chi connectivity index (χ1v) is 7.81. The maximum Gasteiger partial charge on any atom is 0.315 e. The van der Waals surface area contributed by atoms with Crippen molar-refractivity contribution in [1.29, 1.82) is 0 Å². The summed E-state index contributed by atoms with van der Waals surface area (Å²) in [5.41, 5.74) is -0.0263.